The second kappa shape index (κ2) is 8.33. The largest absolute Gasteiger partial charge is 0.484 e. The molecule has 1 amide bonds. The first-order valence-corrected chi connectivity index (χ1v) is 9.35. The molecular weight excluding hydrogens is 403 g/mol. The molecule has 0 radical (unpaired) electrons. The second-order valence-electron chi connectivity index (χ2n) is 7.03. The van der Waals surface area contributed by atoms with E-state index in [9.17, 15) is 4.79 Å². The molecule has 5 heteroatoms. The summed E-state index contributed by atoms with van der Waals surface area (Å²) in [5, 5.41) is 3.01. The molecule has 1 heterocycles. The van der Waals surface area contributed by atoms with Crippen LogP contribution in [0.5, 0.6) is 5.75 Å². The number of carbonyl (C=O) groups is 1. The molecule has 128 valence electrons. The molecule has 1 fully saturated rings. The molecule has 1 atom stereocenters. The Bertz CT molecular complexity index is 516. The standard InChI is InChI=1S/C18H27IN2O2/c1-14-5-4-10-21(11-14)18(2,3)13-20-17(22)12-23-16-8-6-15(19)7-9-16/h6-9,14H,4-5,10-13H2,1-3H3,(H,20,22). The number of nitrogens with zero attached hydrogens (tertiary/aromatic N) is 1. The maximum absolute atomic E-state index is 12.0. The van der Waals surface area contributed by atoms with Crippen LogP contribution in [0.1, 0.15) is 33.6 Å². The predicted octanol–water partition coefficient (Wildman–Crippen LogP) is 3.30. The lowest BCUT2D eigenvalue weighted by atomic mass is 9.93. The van der Waals surface area contributed by atoms with Crippen LogP contribution in [0.4, 0.5) is 0 Å². The van der Waals surface area contributed by atoms with Crippen molar-refractivity contribution in [3.05, 3.63) is 27.8 Å². The molecule has 0 aromatic heterocycles. The highest BCUT2D eigenvalue weighted by Crippen LogP contribution is 2.23. The number of amides is 1. The summed E-state index contributed by atoms with van der Waals surface area (Å²) in [6, 6.07) is 7.70. The Morgan fingerprint density at radius 1 is 1.39 bits per heavy atom. The van der Waals surface area contributed by atoms with Gasteiger partial charge in [-0.1, -0.05) is 6.92 Å². The van der Waals surface area contributed by atoms with E-state index in [2.05, 4.69) is 53.6 Å². The van der Waals surface area contributed by atoms with Gasteiger partial charge in [-0.25, -0.2) is 0 Å². The minimum absolute atomic E-state index is 0.0206. The quantitative estimate of drug-likeness (QED) is 0.705. The summed E-state index contributed by atoms with van der Waals surface area (Å²) in [6.45, 7) is 9.64. The predicted molar refractivity (Wildman–Crippen MR) is 102 cm³/mol. The second-order valence-corrected chi connectivity index (χ2v) is 8.27. The van der Waals surface area contributed by atoms with Gasteiger partial charge in [-0.2, -0.15) is 0 Å². The summed E-state index contributed by atoms with van der Waals surface area (Å²) in [6.07, 6.45) is 2.55. The van der Waals surface area contributed by atoms with E-state index in [4.69, 9.17) is 4.74 Å². The molecule has 1 aliphatic heterocycles. The fraction of sp³-hybridized carbons (Fsp3) is 0.611. The van der Waals surface area contributed by atoms with E-state index in [1.807, 2.05) is 24.3 Å². The van der Waals surface area contributed by atoms with Crippen molar-refractivity contribution in [1.82, 2.24) is 10.2 Å². The maximum Gasteiger partial charge on any atom is 0.258 e. The Balaban J connectivity index is 1.75. The molecule has 1 N–H and O–H groups in total. The Morgan fingerprint density at radius 3 is 2.74 bits per heavy atom. The lowest BCUT2D eigenvalue weighted by Crippen LogP contribution is -2.55. The van der Waals surface area contributed by atoms with E-state index >= 15 is 0 Å². The van der Waals surface area contributed by atoms with Crippen molar-refractivity contribution in [2.24, 2.45) is 5.92 Å². The van der Waals surface area contributed by atoms with Crippen molar-refractivity contribution in [2.45, 2.75) is 39.2 Å². The Morgan fingerprint density at radius 2 is 2.09 bits per heavy atom. The van der Waals surface area contributed by atoms with Gasteiger partial charge in [0, 0.05) is 22.2 Å². The van der Waals surface area contributed by atoms with Crippen molar-refractivity contribution in [3.8, 4) is 5.75 Å². The number of nitrogens with one attached hydrogen (secondary N) is 1. The number of hydrogen-bond acceptors (Lipinski definition) is 3. The highest BCUT2D eigenvalue weighted by atomic mass is 127. The zero-order valence-corrected chi connectivity index (χ0v) is 16.4. The van der Waals surface area contributed by atoms with E-state index in [1.165, 1.54) is 12.8 Å². The number of hydrogen-bond donors (Lipinski definition) is 1. The first-order valence-electron chi connectivity index (χ1n) is 8.27. The number of ether oxygens (including phenoxy) is 1. The number of benzene rings is 1. The van der Waals surface area contributed by atoms with Gasteiger partial charge in [0.1, 0.15) is 5.75 Å². The molecule has 23 heavy (non-hydrogen) atoms. The SMILES string of the molecule is CC1CCCN(C(C)(C)CNC(=O)COc2ccc(I)cc2)C1. The summed E-state index contributed by atoms with van der Waals surface area (Å²) in [5.41, 5.74) is -0.0206. The molecule has 1 saturated heterocycles. The molecule has 0 saturated carbocycles. The van der Waals surface area contributed by atoms with Crippen molar-refractivity contribution in [1.29, 1.82) is 0 Å². The summed E-state index contributed by atoms with van der Waals surface area (Å²) < 4.78 is 6.67. The van der Waals surface area contributed by atoms with Gasteiger partial charge in [0.25, 0.3) is 5.91 Å². The number of piperidine rings is 1. The molecule has 0 bridgehead atoms. The Kier molecular flexibility index (Phi) is 6.71. The van der Waals surface area contributed by atoms with Crippen molar-refractivity contribution in [3.63, 3.8) is 0 Å². The molecule has 4 nitrogen and oxygen atoms in total. The van der Waals surface area contributed by atoms with Gasteiger partial charge in [-0.3, -0.25) is 9.69 Å². The molecule has 1 aromatic carbocycles. The van der Waals surface area contributed by atoms with Crippen LogP contribution in [0.2, 0.25) is 0 Å². The fourth-order valence-electron chi connectivity index (χ4n) is 2.90. The first kappa shape index (κ1) is 18.5. The monoisotopic (exact) mass is 430 g/mol. The summed E-state index contributed by atoms with van der Waals surface area (Å²) >= 11 is 2.24. The zero-order chi connectivity index (χ0) is 16.9. The molecule has 0 spiro atoms. The van der Waals surface area contributed by atoms with E-state index in [1.54, 1.807) is 0 Å². The minimum atomic E-state index is -0.0679. The van der Waals surface area contributed by atoms with Gasteiger partial charge in [0.2, 0.25) is 0 Å². The molecular formula is C18H27IN2O2. The lowest BCUT2D eigenvalue weighted by Gasteiger charge is -2.43. The van der Waals surface area contributed by atoms with Crippen LogP contribution < -0.4 is 10.1 Å². The number of rotatable bonds is 6. The van der Waals surface area contributed by atoms with Crippen LogP contribution in [0.25, 0.3) is 0 Å². The van der Waals surface area contributed by atoms with Gasteiger partial charge in [-0.05, 0) is 86.0 Å². The van der Waals surface area contributed by atoms with Gasteiger partial charge in [0.05, 0.1) is 0 Å². The molecule has 1 unspecified atom stereocenters. The topological polar surface area (TPSA) is 41.6 Å². The van der Waals surface area contributed by atoms with Gasteiger partial charge in [0.15, 0.2) is 6.61 Å². The average Bonchev–Trinajstić information content (AvgIpc) is 2.52. The van der Waals surface area contributed by atoms with E-state index in [-0.39, 0.29) is 18.1 Å². The fourth-order valence-corrected chi connectivity index (χ4v) is 3.26. The van der Waals surface area contributed by atoms with E-state index < -0.39 is 0 Å². The first-order chi connectivity index (χ1) is 10.9. The van der Waals surface area contributed by atoms with E-state index in [0.29, 0.717) is 6.54 Å². The number of carbonyl (C=O) groups excluding carboxylic acids is 1. The third-order valence-electron chi connectivity index (χ3n) is 4.41. The van der Waals surface area contributed by atoms with Crippen LogP contribution in [0, 0.1) is 9.49 Å². The van der Waals surface area contributed by atoms with Gasteiger partial charge < -0.3 is 10.1 Å². The van der Waals surface area contributed by atoms with Crippen LogP contribution in [-0.4, -0.2) is 42.6 Å². The lowest BCUT2D eigenvalue weighted by molar-refractivity contribution is -0.123. The third-order valence-corrected chi connectivity index (χ3v) is 5.13. The highest BCUT2D eigenvalue weighted by molar-refractivity contribution is 14.1. The molecule has 2 rings (SSSR count). The molecule has 0 aliphatic carbocycles. The number of likely N-dealkylation sites (tertiary alicyclic amines) is 1. The normalized spacial score (nSPS) is 19.4. The maximum atomic E-state index is 12.0. The molecule has 1 aliphatic rings. The molecule has 1 aromatic rings. The minimum Gasteiger partial charge on any atom is -0.484 e. The van der Waals surface area contributed by atoms with Gasteiger partial charge >= 0.3 is 0 Å². The summed E-state index contributed by atoms with van der Waals surface area (Å²) in [5.74, 6) is 1.40. The Hall–Kier alpha value is -0.820. The smallest absolute Gasteiger partial charge is 0.258 e. The van der Waals surface area contributed by atoms with Crippen molar-refractivity contribution in [2.75, 3.05) is 26.2 Å². The summed E-state index contributed by atoms with van der Waals surface area (Å²) in [7, 11) is 0. The third kappa shape index (κ3) is 5.95. The van der Waals surface area contributed by atoms with Crippen molar-refractivity contribution < 1.29 is 9.53 Å². The number of halogens is 1. The summed E-state index contributed by atoms with van der Waals surface area (Å²) in [4.78, 5) is 14.5. The van der Waals surface area contributed by atoms with E-state index in [0.717, 1.165) is 28.3 Å². The highest BCUT2D eigenvalue weighted by Gasteiger charge is 2.30. The van der Waals surface area contributed by atoms with Gasteiger partial charge in [-0.15, -0.1) is 0 Å². The average molecular weight is 430 g/mol. The van der Waals surface area contributed by atoms with Crippen LogP contribution in [-0.2, 0) is 4.79 Å². The zero-order valence-electron chi connectivity index (χ0n) is 14.3. The van der Waals surface area contributed by atoms with Crippen LogP contribution >= 0.6 is 22.6 Å². The van der Waals surface area contributed by atoms with Crippen molar-refractivity contribution >= 4 is 28.5 Å². The van der Waals surface area contributed by atoms with Crippen LogP contribution in [0.3, 0.4) is 0 Å². The Labute approximate surface area is 153 Å². The van der Waals surface area contributed by atoms with Crippen LogP contribution in [0.15, 0.2) is 24.3 Å².